The van der Waals surface area contributed by atoms with Gasteiger partial charge in [0.2, 0.25) is 0 Å². The molecule has 0 aliphatic rings. The molecule has 0 amide bonds. The molecule has 1 aromatic rings. The van der Waals surface area contributed by atoms with Gasteiger partial charge in [-0.3, -0.25) is 4.68 Å². The zero-order chi connectivity index (χ0) is 16.2. The molecule has 0 aromatic carbocycles. The van der Waals surface area contributed by atoms with Crippen molar-refractivity contribution in [3.05, 3.63) is 11.3 Å². The summed E-state index contributed by atoms with van der Waals surface area (Å²) in [6.45, 7) is 7.51. The molecule has 0 bridgehead atoms. The van der Waals surface area contributed by atoms with Crippen molar-refractivity contribution < 1.29 is 13.2 Å². The van der Waals surface area contributed by atoms with Gasteiger partial charge in [-0.05, 0) is 19.4 Å². The first kappa shape index (κ1) is 17.8. The summed E-state index contributed by atoms with van der Waals surface area (Å²) in [5.74, 6) is 1.27. The SMILES string of the molecule is Cc1nn(C)c(N(C)CCC(F)(F)F)c1CNCC(C)C. The fourth-order valence-electron chi connectivity index (χ4n) is 2.26. The van der Waals surface area contributed by atoms with E-state index in [2.05, 4.69) is 24.3 Å². The van der Waals surface area contributed by atoms with Crippen LogP contribution in [-0.2, 0) is 13.6 Å². The average Bonchev–Trinajstić information content (AvgIpc) is 2.60. The van der Waals surface area contributed by atoms with E-state index < -0.39 is 12.6 Å². The fraction of sp³-hybridized carbons (Fsp3) is 0.786. The van der Waals surface area contributed by atoms with E-state index in [0.717, 1.165) is 23.6 Å². The van der Waals surface area contributed by atoms with E-state index in [4.69, 9.17) is 0 Å². The molecule has 0 spiro atoms. The van der Waals surface area contributed by atoms with Crippen molar-refractivity contribution in [3.8, 4) is 0 Å². The third kappa shape index (κ3) is 5.57. The predicted octanol–water partition coefficient (Wildman–Crippen LogP) is 2.86. The van der Waals surface area contributed by atoms with Crippen molar-refractivity contribution in [3.63, 3.8) is 0 Å². The number of hydrogen-bond donors (Lipinski definition) is 1. The summed E-state index contributed by atoms with van der Waals surface area (Å²) in [6.07, 6.45) is -4.97. The highest BCUT2D eigenvalue weighted by Gasteiger charge is 2.28. The Bertz CT molecular complexity index is 452. The Morgan fingerprint density at radius 3 is 2.48 bits per heavy atom. The maximum Gasteiger partial charge on any atom is 0.390 e. The Hall–Kier alpha value is -1.24. The molecule has 1 aromatic heterocycles. The van der Waals surface area contributed by atoms with Gasteiger partial charge in [-0.15, -0.1) is 0 Å². The first-order chi connectivity index (χ1) is 9.61. The van der Waals surface area contributed by atoms with Crippen LogP contribution in [0.4, 0.5) is 19.0 Å². The number of aromatic nitrogens is 2. The van der Waals surface area contributed by atoms with E-state index in [1.54, 1.807) is 23.7 Å². The Kier molecular flexibility index (Phi) is 6.07. The van der Waals surface area contributed by atoms with Crippen LogP contribution < -0.4 is 10.2 Å². The van der Waals surface area contributed by atoms with Gasteiger partial charge in [0, 0.05) is 32.7 Å². The first-order valence-corrected chi connectivity index (χ1v) is 7.13. The number of rotatable bonds is 7. The molecule has 0 atom stereocenters. The molecule has 122 valence electrons. The number of halogens is 3. The molecule has 7 heteroatoms. The van der Waals surface area contributed by atoms with Crippen molar-refractivity contribution in [2.45, 2.75) is 39.9 Å². The molecule has 1 heterocycles. The lowest BCUT2D eigenvalue weighted by molar-refractivity contribution is -0.132. The van der Waals surface area contributed by atoms with Crippen LogP contribution in [0.25, 0.3) is 0 Å². The van der Waals surface area contributed by atoms with Crippen molar-refractivity contribution in [1.82, 2.24) is 15.1 Å². The van der Waals surface area contributed by atoms with E-state index in [9.17, 15) is 13.2 Å². The van der Waals surface area contributed by atoms with Crippen LogP contribution >= 0.6 is 0 Å². The topological polar surface area (TPSA) is 33.1 Å². The maximum absolute atomic E-state index is 12.4. The van der Waals surface area contributed by atoms with E-state index in [-0.39, 0.29) is 6.54 Å². The summed E-state index contributed by atoms with van der Waals surface area (Å²) in [6, 6.07) is 0. The molecule has 0 aliphatic heterocycles. The van der Waals surface area contributed by atoms with Crippen molar-refractivity contribution in [2.75, 3.05) is 25.0 Å². The minimum absolute atomic E-state index is 0.0698. The van der Waals surface area contributed by atoms with E-state index in [0.29, 0.717) is 12.5 Å². The predicted molar refractivity (Wildman–Crippen MR) is 78.4 cm³/mol. The number of hydrogen-bond acceptors (Lipinski definition) is 3. The van der Waals surface area contributed by atoms with Crippen molar-refractivity contribution >= 4 is 5.82 Å². The molecular formula is C14H25F3N4. The number of anilines is 1. The summed E-state index contributed by atoms with van der Waals surface area (Å²) in [7, 11) is 3.44. The lowest BCUT2D eigenvalue weighted by atomic mass is 10.2. The highest BCUT2D eigenvalue weighted by atomic mass is 19.4. The van der Waals surface area contributed by atoms with Crippen LogP contribution in [-0.4, -0.2) is 36.1 Å². The van der Waals surface area contributed by atoms with Crippen LogP contribution in [0.15, 0.2) is 0 Å². The highest BCUT2D eigenvalue weighted by molar-refractivity contribution is 5.49. The van der Waals surface area contributed by atoms with Crippen molar-refractivity contribution in [1.29, 1.82) is 0 Å². The molecule has 4 nitrogen and oxygen atoms in total. The Labute approximate surface area is 124 Å². The van der Waals surface area contributed by atoms with Crippen LogP contribution in [0.3, 0.4) is 0 Å². The van der Waals surface area contributed by atoms with Crippen LogP contribution in [0.1, 0.15) is 31.5 Å². The molecule has 0 aliphatic carbocycles. The van der Waals surface area contributed by atoms with Gasteiger partial charge in [-0.2, -0.15) is 18.3 Å². The second-order valence-electron chi connectivity index (χ2n) is 5.82. The Morgan fingerprint density at radius 2 is 1.95 bits per heavy atom. The number of nitrogens with one attached hydrogen (secondary N) is 1. The molecule has 21 heavy (non-hydrogen) atoms. The fourth-order valence-corrected chi connectivity index (χ4v) is 2.26. The van der Waals surface area contributed by atoms with E-state index in [1.165, 1.54) is 0 Å². The largest absolute Gasteiger partial charge is 0.390 e. The normalized spacial score (nSPS) is 12.2. The molecule has 0 unspecified atom stereocenters. The quantitative estimate of drug-likeness (QED) is 0.841. The number of aryl methyl sites for hydroxylation is 2. The minimum Gasteiger partial charge on any atom is -0.359 e. The second kappa shape index (κ2) is 7.15. The Balaban J connectivity index is 2.80. The van der Waals surface area contributed by atoms with Crippen LogP contribution in [0.5, 0.6) is 0 Å². The number of nitrogens with zero attached hydrogens (tertiary/aromatic N) is 3. The summed E-state index contributed by atoms with van der Waals surface area (Å²) < 4.78 is 38.8. The summed E-state index contributed by atoms with van der Waals surface area (Å²) >= 11 is 0. The third-order valence-electron chi connectivity index (χ3n) is 3.26. The molecule has 1 rings (SSSR count). The van der Waals surface area contributed by atoms with Gasteiger partial charge < -0.3 is 10.2 Å². The van der Waals surface area contributed by atoms with Crippen molar-refractivity contribution in [2.24, 2.45) is 13.0 Å². The molecule has 0 saturated heterocycles. The zero-order valence-electron chi connectivity index (χ0n) is 13.4. The molecule has 0 fully saturated rings. The summed E-state index contributed by atoms with van der Waals surface area (Å²) in [5, 5.41) is 7.65. The molecule has 0 saturated carbocycles. The van der Waals surface area contributed by atoms with Gasteiger partial charge in [0.1, 0.15) is 5.82 Å². The molecule has 0 radical (unpaired) electrons. The highest BCUT2D eigenvalue weighted by Crippen LogP contribution is 2.25. The first-order valence-electron chi connectivity index (χ1n) is 7.13. The number of alkyl halides is 3. The standard InChI is InChI=1S/C14H25F3N4/c1-10(2)8-18-9-12-11(3)19-21(5)13(12)20(4)7-6-14(15,16)17/h10,18H,6-9H2,1-5H3. The third-order valence-corrected chi connectivity index (χ3v) is 3.26. The van der Waals surface area contributed by atoms with Crippen LogP contribution in [0, 0.1) is 12.8 Å². The average molecular weight is 306 g/mol. The van der Waals surface area contributed by atoms with Gasteiger partial charge in [-0.25, -0.2) is 0 Å². The van der Waals surface area contributed by atoms with E-state index >= 15 is 0 Å². The lowest BCUT2D eigenvalue weighted by Gasteiger charge is -2.22. The second-order valence-corrected chi connectivity index (χ2v) is 5.82. The molecular weight excluding hydrogens is 281 g/mol. The summed E-state index contributed by atoms with van der Waals surface area (Å²) in [5.41, 5.74) is 1.81. The maximum atomic E-state index is 12.4. The zero-order valence-corrected chi connectivity index (χ0v) is 13.4. The monoisotopic (exact) mass is 306 g/mol. The molecule has 1 N–H and O–H groups in total. The lowest BCUT2D eigenvalue weighted by Crippen LogP contribution is -2.28. The smallest absolute Gasteiger partial charge is 0.359 e. The van der Waals surface area contributed by atoms with Gasteiger partial charge in [0.15, 0.2) is 0 Å². The minimum atomic E-state index is -4.14. The van der Waals surface area contributed by atoms with E-state index in [1.807, 2.05) is 6.92 Å². The van der Waals surface area contributed by atoms with Crippen LogP contribution in [0.2, 0.25) is 0 Å². The van der Waals surface area contributed by atoms with Gasteiger partial charge in [0.05, 0.1) is 12.1 Å². The van der Waals surface area contributed by atoms with Gasteiger partial charge in [0.25, 0.3) is 0 Å². The summed E-state index contributed by atoms with van der Waals surface area (Å²) in [4.78, 5) is 1.62. The van der Waals surface area contributed by atoms with Gasteiger partial charge in [-0.1, -0.05) is 13.8 Å². The van der Waals surface area contributed by atoms with Gasteiger partial charge >= 0.3 is 6.18 Å². The Morgan fingerprint density at radius 1 is 1.33 bits per heavy atom.